The Morgan fingerprint density at radius 1 is 0.967 bits per heavy atom. The number of carbonyl (C=O) groups is 1. The number of nitrogens with zero attached hydrogens (tertiary/aromatic N) is 2. The maximum atomic E-state index is 12.1. The molecule has 0 atom stereocenters. The standard InChI is InChI=1S/C23H16N2O5/c26-23-21(24-22(30-23)18-8-10-19(11-9-18)25(27)28)14-16-6-12-20(13-7-16)29-15-17-4-2-1-3-5-17/h1-14H,15H2/b21-14+. The van der Waals surface area contributed by atoms with Gasteiger partial charge in [0.05, 0.1) is 4.92 Å². The molecule has 0 amide bonds. The molecule has 0 saturated carbocycles. The van der Waals surface area contributed by atoms with Crippen molar-refractivity contribution in [2.75, 3.05) is 0 Å². The molecule has 0 fully saturated rings. The summed E-state index contributed by atoms with van der Waals surface area (Å²) in [5, 5.41) is 10.7. The fourth-order valence-corrected chi connectivity index (χ4v) is 2.82. The lowest BCUT2D eigenvalue weighted by Gasteiger charge is -2.06. The first-order valence-electron chi connectivity index (χ1n) is 9.13. The number of hydrogen-bond acceptors (Lipinski definition) is 6. The van der Waals surface area contributed by atoms with Crippen molar-refractivity contribution in [2.45, 2.75) is 6.61 Å². The van der Waals surface area contributed by atoms with Gasteiger partial charge in [0.1, 0.15) is 12.4 Å². The molecule has 1 heterocycles. The van der Waals surface area contributed by atoms with Crippen LogP contribution in [-0.4, -0.2) is 16.8 Å². The highest BCUT2D eigenvalue weighted by atomic mass is 16.6. The van der Waals surface area contributed by atoms with E-state index < -0.39 is 10.9 Å². The van der Waals surface area contributed by atoms with Crippen LogP contribution in [0.4, 0.5) is 5.69 Å². The Labute approximate surface area is 172 Å². The van der Waals surface area contributed by atoms with Crippen LogP contribution in [-0.2, 0) is 16.1 Å². The van der Waals surface area contributed by atoms with E-state index in [4.69, 9.17) is 9.47 Å². The van der Waals surface area contributed by atoms with E-state index in [0.717, 1.165) is 11.1 Å². The van der Waals surface area contributed by atoms with Gasteiger partial charge in [-0.25, -0.2) is 9.79 Å². The van der Waals surface area contributed by atoms with Crippen molar-refractivity contribution in [3.63, 3.8) is 0 Å². The average molecular weight is 400 g/mol. The predicted molar refractivity (Wildman–Crippen MR) is 111 cm³/mol. The van der Waals surface area contributed by atoms with Crippen LogP contribution < -0.4 is 4.74 Å². The van der Waals surface area contributed by atoms with E-state index in [1.807, 2.05) is 54.6 Å². The number of nitro benzene ring substituents is 1. The van der Waals surface area contributed by atoms with E-state index in [0.29, 0.717) is 17.9 Å². The highest BCUT2D eigenvalue weighted by Gasteiger charge is 2.24. The van der Waals surface area contributed by atoms with Crippen molar-refractivity contribution in [2.24, 2.45) is 4.99 Å². The molecule has 0 N–H and O–H groups in total. The molecule has 0 bridgehead atoms. The number of nitro groups is 1. The number of non-ortho nitro benzene ring substituents is 1. The van der Waals surface area contributed by atoms with Gasteiger partial charge in [0, 0.05) is 17.7 Å². The molecule has 0 spiro atoms. The van der Waals surface area contributed by atoms with E-state index in [9.17, 15) is 14.9 Å². The predicted octanol–water partition coefficient (Wildman–Crippen LogP) is 4.52. The third-order valence-corrected chi connectivity index (χ3v) is 4.38. The molecule has 0 saturated heterocycles. The van der Waals surface area contributed by atoms with Gasteiger partial charge in [-0.15, -0.1) is 0 Å². The van der Waals surface area contributed by atoms with E-state index in [2.05, 4.69) is 4.99 Å². The number of aliphatic imine (C=N–C) groups is 1. The molecule has 7 nitrogen and oxygen atoms in total. The van der Waals surface area contributed by atoms with E-state index >= 15 is 0 Å². The summed E-state index contributed by atoms with van der Waals surface area (Å²) in [5.74, 6) is 0.252. The van der Waals surface area contributed by atoms with Gasteiger partial charge >= 0.3 is 5.97 Å². The van der Waals surface area contributed by atoms with Crippen LogP contribution in [0.3, 0.4) is 0 Å². The van der Waals surface area contributed by atoms with Gasteiger partial charge in [0.15, 0.2) is 5.70 Å². The summed E-state index contributed by atoms with van der Waals surface area (Å²) in [7, 11) is 0. The Morgan fingerprint density at radius 2 is 1.67 bits per heavy atom. The highest BCUT2D eigenvalue weighted by Crippen LogP contribution is 2.22. The summed E-state index contributed by atoms with van der Waals surface area (Å²) < 4.78 is 10.9. The largest absolute Gasteiger partial charge is 0.489 e. The Balaban J connectivity index is 1.45. The number of carbonyl (C=O) groups excluding carboxylic acids is 1. The van der Waals surface area contributed by atoms with E-state index in [-0.39, 0.29) is 17.3 Å². The first-order valence-corrected chi connectivity index (χ1v) is 9.13. The molecule has 3 aromatic carbocycles. The quantitative estimate of drug-likeness (QED) is 0.263. The van der Waals surface area contributed by atoms with Crippen molar-refractivity contribution in [3.05, 3.63) is 111 Å². The van der Waals surface area contributed by atoms with Gasteiger partial charge < -0.3 is 9.47 Å². The number of ether oxygens (including phenoxy) is 2. The maximum absolute atomic E-state index is 12.1. The average Bonchev–Trinajstić information content (AvgIpc) is 3.14. The number of benzene rings is 3. The zero-order chi connectivity index (χ0) is 20.9. The van der Waals surface area contributed by atoms with Gasteiger partial charge in [0.2, 0.25) is 5.90 Å². The third kappa shape index (κ3) is 4.41. The second kappa shape index (κ2) is 8.40. The molecule has 0 aliphatic carbocycles. The first kappa shape index (κ1) is 19.1. The highest BCUT2D eigenvalue weighted by molar-refractivity contribution is 6.12. The van der Waals surface area contributed by atoms with Crippen molar-refractivity contribution in [3.8, 4) is 5.75 Å². The molecule has 7 heteroatoms. The van der Waals surface area contributed by atoms with Gasteiger partial charge in [-0.2, -0.15) is 0 Å². The summed E-state index contributed by atoms with van der Waals surface area (Å²) in [5.41, 5.74) is 2.44. The van der Waals surface area contributed by atoms with Gasteiger partial charge in [-0.1, -0.05) is 42.5 Å². The molecule has 1 aliphatic rings. The van der Waals surface area contributed by atoms with Crippen molar-refractivity contribution >= 4 is 23.6 Å². The Hall–Kier alpha value is -4.26. The second-order valence-corrected chi connectivity index (χ2v) is 6.48. The summed E-state index contributed by atoms with van der Waals surface area (Å²) in [6.07, 6.45) is 1.61. The van der Waals surface area contributed by atoms with Gasteiger partial charge in [-0.3, -0.25) is 10.1 Å². The zero-order valence-electron chi connectivity index (χ0n) is 15.7. The zero-order valence-corrected chi connectivity index (χ0v) is 15.7. The van der Waals surface area contributed by atoms with Crippen LogP contribution in [0.15, 0.2) is 89.6 Å². The molecule has 30 heavy (non-hydrogen) atoms. The fraction of sp³-hybridized carbons (Fsp3) is 0.0435. The van der Waals surface area contributed by atoms with Gasteiger partial charge in [0.25, 0.3) is 5.69 Å². The van der Waals surface area contributed by atoms with Crippen LogP contribution in [0, 0.1) is 10.1 Å². The monoisotopic (exact) mass is 400 g/mol. The minimum absolute atomic E-state index is 0.0472. The van der Waals surface area contributed by atoms with Crippen molar-refractivity contribution < 1.29 is 19.2 Å². The lowest BCUT2D eigenvalue weighted by molar-refractivity contribution is -0.384. The second-order valence-electron chi connectivity index (χ2n) is 6.48. The molecular formula is C23H16N2O5. The summed E-state index contributed by atoms with van der Waals surface area (Å²) >= 11 is 0. The number of hydrogen-bond donors (Lipinski definition) is 0. The first-order chi connectivity index (χ1) is 14.6. The molecular weight excluding hydrogens is 384 g/mol. The minimum atomic E-state index is -0.576. The molecule has 0 unspecified atom stereocenters. The smallest absolute Gasteiger partial charge is 0.363 e. The van der Waals surface area contributed by atoms with Crippen molar-refractivity contribution in [1.82, 2.24) is 0 Å². The van der Waals surface area contributed by atoms with Crippen LogP contribution in [0.1, 0.15) is 16.7 Å². The Kier molecular flexibility index (Phi) is 5.34. The lowest BCUT2D eigenvalue weighted by atomic mass is 10.2. The SMILES string of the molecule is O=C1OC(c2ccc([N+](=O)[O-])cc2)=N/C1=C/c1ccc(OCc2ccccc2)cc1. The Bertz CT molecular complexity index is 1130. The summed E-state index contributed by atoms with van der Waals surface area (Å²) in [6.45, 7) is 0.469. The topological polar surface area (TPSA) is 91.0 Å². The fourth-order valence-electron chi connectivity index (χ4n) is 2.82. The molecule has 1 aliphatic heterocycles. The minimum Gasteiger partial charge on any atom is -0.489 e. The number of esters is 1. The lowest BCUT2D eigenvalue weighted by Crippen LogP contribution is -2.05. The van der Waals surface area contributed by atoms with Gasteiger partial charge in [-0.05, 0) is 41.5 Å². The molecule has 0 aromatic heterocycles. The number of cyclic esters (lactones) is 1. The van der Waals surface area contributed by atoms with Crippen LogP contribution in [0.5, 0.6) is 5.75 Å². The summed E-state index contributed by atoms with van der Waals surface area (Å²) in [6, 6.07) is 22.8. The third-order valence-electron chi connectivity index (χ3n) is 4.38. The van der Waals surface area contributed by atoms with Crippen LogP contribution in [0.2, 0.25) is 0 Å². The Morgan fingerprint density at radius 3 is 2.33 bits per heavy atom. The normalized spacial score (nSPS) is 14.3. The summed E-state index contributed by atoms with van der Waals surface area (Å²) in [4.78, 5) is 26.6. The van der Waals surface area contributed by atoms with E-state index in [1.54, 1.807) is 6.08 Å². The molecule has 4 rings (SSSR count). The molecule has 148 valence electrons. The van der Waals surface area contributed by atoms with Crippen molar-refractivity contribution in [1.29, 1.82) is 0 Å². The van der Waals surface area contributed by atoms with E-state index in [1.165, 1.54) is 24.3 Å². The molecule has 3 aromatic rings. The molecule has 0 radical (unpaired) electrons. The van der Waals surface area contributed by atoms with Crippen LogP contribution in [0.25, 0.3) is 6.08 Å². The van der Waals surface area contributed by atoms with Crippen LogP contribution >= 0.6 is 0 Å². The number of rotatable bonds is 6. The maximum Gasteiger partial charge on any atom is 0.363 e.